The van der Waals surface area contributed by atoms with Gasteiger partial charge in [-0.15, -0.1) is 0 Å². The first-order valence-corrected chi connectivity index (χ1v) is 48.1. The molecular weight excluding hydrogens is 1930 g/mol. The number of halogens is 3. The van der Waals surface area contributed by atoms with Gasteiger partial charge in [-0.05, 0) is 224 Å². The summed E-state index contributed by atoms with van der Waals surface area (Å²) in [5.74, 6) is 4.28. The Labute approximate surface area is 786 Å². The van der Waals surface area contributed by atoms with Gasteiger partial charge in [-0.1, -0.05) is 94.5 Å². The Bertz CT molecular complexity index is 7380. The summed E-state index contributed by atoms with van der Waals surface area (Å²) in [4.78, 5) is 21.3. The molecule has 0 aliphatic rings. The van der Waals surface area contributed by atoms with Crippen LogP contribution in [0, 0.1) is 24.3 Å². The highest BCUT2D eigenvalue weighted by molar-refractivity contribution is 14.1. The average molecular weight is 2010 g/mol. The van der Waals surface area contributed by atoms with Crippen LogP contribution in [-0.2, 0) is 36.7 Å². The van der Waals surface area contributed by atoms with Gasteiger partial charge in [0.25, 0.3) is 30.1 Å². The molecule has 130 heavy (non-hydrogen) atoms. The summed E-state index contributed by atoms with van der Waals surface area (Å²) in [5, 5.41) is 59.2. The lowest BCUT2D eigenvalue weighted by Crippen LogP contribution is -2.31. The number of fused-ring (bicyclic) bond motifs is 4. The van der Waals surface area contributed by atoms with Crippen LogP contribution in [0.2, 0.25) is 10.0 Å². The molecule has 6 N–H and O–H groups in total. The molecule has 0 unspecified atom stereocenters. The van der Waals surface area contributed by atoms with Crippen LogP contribution in [0.15, 0.2) is 285 Å². The number of hydrogen-bond acceptors (Lipinski definition) is 25. The number of ether oxygens (including phenoxy) is 7. The molecule has 666 valence electrons. The number of thiophene rings is 3. The van der Waals surface area contributed by atoms with Gasteiger partial charge in [0.1, 0.15) is 45.9 Å². The van der Waals surface area contributed by atoms with Crippen LogP contribution in [0.1, 0.15) is 22.3 Å². The van der Waals surface area contributed by atoms with Crippen molar-refractivity contribution in [3.05, 3.63) is 306 Å². The van der Waals surface area contributed by atoms with Gasteiger partial charge in [0.2, 0.25) is 0 Å². The number of H-pyrrole nitrogens is 1. The van der Waals surface area contributed by atoms with Crippen molar-refractivity contribution in [3.8, 4) is 95.9 Å². The Morgan fingerprint density at radius 2 is 0.785 bits per heavy atom. The number of methoxy groups -OCH3 is 7. The van der Waals surface area contributed by atoms with Gasteiger partial charge in [0, 0.05) is 126 Å². The molecule has 0 bridgehead atoms. The van der Waals surface area contributed by atoms with E-state index >= 15 is 0 Å². The molecule has 0 aliphatic heterocycles. The molecule has 26 nitrogen and oxygen atoms in total. The average Bonchev–Trinajstić information content (AvgIpc) is 1.45. The summed E-state index contributed by atoms with van der Waals surface area (Å²) in [5.41, 5.74) is 15.3. The van der Waals surface area contributed by atoms with E-state index < -0.39 is 44.3 Å². The van der Waals surface area contributed by atoms with E-state index in [4.69, 9.17) is 81.6 Å². The molecule has 18 aromatic rings. The summed E-state index contributed by atoms with van der Waals surface area (Å²) in [6, 6.07) is 54.6. The maximum Gasteiger partial charge on any atom is 0.492 e. The summed E-state index contributed by atoms with van der Waals surface area (Å²) < 4.78 is 122. The van der Waals surface area contributed by atoms with E-state index in [2.05, 4.69) is 70.4 Å². The third-order valence-electron chi connectivity index (χ3n) is 20.5. The first-order chi connectivity index (χ1) is 62.5. The number of nitrogens with zero attached hydrogens (tertiary/aromatic N) is 7. The van der Waals surface area contributed by atoms with Crippen LogP contribution in [0.5, 0.6) is 40.2 Å². The normalized spacial score (nSPS) is 11.2. The predicted molar refractivity (Wildman–Crippen MR) is 524 cm³/mol. The standard InChI is InChI=1S/C26H22N2O4S2.C22H19ClN2O4S.C19H16N2O2S.C14H10ClIN2O2S.C8H11BO4.C4H5BO2S/c1-17-4-7-20(8-5-17)34(29,30)28-15-23(22-9-6-19(31-2)14-24(22)32-3)25-21(10-12-27-26(25)28)18-11-13-33-16-18;1-14-4-7-16(8-5-14)30(26,27)25-13-18(21-19(23)10-11-24-22(21)25)17-9-6-15(28-2)12-20(17)29-3;1-22-13-3-4-15(17(9-13)23-2)16-10-21-19-18(16)14(5-7-20-19)12-6-8-24-11-12;1-9-2-4-10(5-3-9)21(19,20)18-8-12(16)13-11(15)6-7-17-14(13)18;1-13-8-4-6(5-10)2-3-7(8)9(11)12;6-5(7)4-1-2-8-3-4/h4-16H,1-3H3;4-13H,1-3H3;3-11H,1-2H3,(H,20,21);2-8H,1H3;2-4,10-12H,5H2,1H3;1-3,6-7H. The molecule has 37 heteroatoms. The van der Waals surface area contributed by atoms with E-state index in [1.807, 2.05) is 86.4 Å². The summed E-state index contributed by atoms with van der Waals surface area (Å²) in [6.45, 7) is 5.63. The van der Waals surface area contributed by atoms with Crippen molar-refractivity contribution >= 4 is 179 Å². The Balaban J connectivity index is 0.000000139. The van der Waals surface area contributed by atoms with Crippen LogP contribution >= 0.6 is 79.8 Å². The first kappa shape index (κ1) is 95.7. The lowest BCUT2D eigenvalue weighted by molar-refractivity contribution is 0.281. The maximum absolute atomic E-state index is 13.7. The van der Waals surface area contributed by atoms with Crippen LogP contribution in [0.3, 0.4) is 0 Å². The SMILES string of the molecule is COc1cc(CO)ccc1B(O)O.COc1ccc(-c2c[nH]c3nccc(-c4ccsc4)c23)c(OC)c1.COc1ccc(-c2cn(S(=O)(=O)c3ccc(C)cc3)c3nccc(-c4ccsc4)c23)c(OC)c1.COc1ccc(-c2cn(S(=O)(=O)c3ccc(C)cc3)c3nccc(Cl)c23)c(OC)c1.Cc1ccc(S(=O)(=O)n2cc(I)c3c(Cl)ccnc32)cc1.OB(O)c1ccsc1. The molecule has 0 saturated carbocycles. The molecule has 0 saturated heterocycles. The van der Waals surface area contributed by atoms with Crippen molar-refractivity contribution in [1.29, 1.82) is 0 Å². The first-order valence-electron chi connectivity index (χ1n) is 39.2. The van der Waals surface area contributed by atoms with Crippen LogP contribution in [0.4, 0.5) is 0 Å². The zero-order valence-electron chi connectivity index (χ0n) is 71.1. The van der Waals surface area contributed by atoms with Gasteiger partial charge in [-0.25, -0.2) is 57.1 Å². The Hall–Kier alpha value is -11.9. The number of benzene rings is 7. The van der Waals surface area contributed by atoms with Crippen molar-refractivity contribution in [1.82, 2.24) is 36.8 Å². The van der Waals surface area contributed by atoms with Crippen LogP contribution in [0.25, 0.3) is 99.8 Å². The van der Waals surface area contributed by atoms with Gasteiger partial charge in [-0.2, -0.15) is 34.0 Å². The molecule has 0 amide bonds. The van der Waals surface area contributed by atoms with Crippen molar-refractivity contribution < 1.29 is 83.6 Å². The number of aliphatic hydroxyl groups excluding tert-OH is 1. The van der Waals surface area contributed by atoms with Gasteiger partial charge in [0.05, 0.1) is 86.5 Å². The van der Waals surface area contributed by atoms with E-state index in [9.17, 15) is 25.3 Å². The fourth-order valence-corrected chi connectivity index (χ4v) is 21.4. The Morgan fingerprint density at radius 3 is 1.18 bits per heavy atom. The monoisotopic (exact) mass is 2010 g/mol. The number of hydrogen-bond donors (Lipinski definition) is 6. The smallest absolute Gasteiger partial charge is 0.492 e. The van der Waals surface area contributed by atoms with Crippen molar-refractivity contribution in [2.24, 2.45) is 0 Å². The summed E-state index contributed by atoms with van der Waals surface area (Å²) in [7, 11) is -3.29. The zero-order valence-corrected chi connectivity index (χ0v) is 79.7. The van der Waals surface area contributed by atoms with Gasteiger partial charge in [0.15, 0.2) is 16.9 Å². The van der Waals surface area contributed by atoms with E-state index in [-0.39, 0.29) is 26.9 Å². The Kier molecular flexibility index (Phi) is 31.1. The second-order valence-electron chi connectivity index (χ2n) is 28.5. The number of aryl methyl sites for hydroxylation is 3. The zero-order chi connectivity index (χ0) is 92.9. The number of nitrogens with one attached hydrogen (secondary N) is 1. The molecule has 0 atom stereocenters. The van der Waals surface area contributed by atoms with Crippen LogP contribution in [-0.4, -0.2) is 151 Å². The lowest BCUT2D eigenvalue weighted by Gasteiger charge is -2.11. The van der Waals surface area contributed by atoms with E-state index in [1.165, 1.54) is 56.6 Å². The van der Waals surface area contributed by atoms with Gasteiger partial charge >= 0.3 is 14.2 Å². The van der Waals surface area contributed by atoms with Gasteiger partial charge < -0.3 is 63.3 Å². The minimum absolute atomic E-state index is 0.0990. The molecular formula is C93H83B2Cl2IN8O18S6. The minimum atomic E-state index is -3.90. The highest BCUT2D eigenvalue weighted by atomic mass is 127. The predicted octanol–water partition coefficient (Wildman–Crippen LogP) is 18.0. The molecule has 0 spiro atoms. The van der Waals surface area contributed by atoms with Crippen molar-refractivity contribution in [2.75, 3.05) is 49.8 Å². The fourth-order valence-electron chi connectivity index (χ4n) is 13.8. The molecule has 18 rings (SSSR count). The molecule has 11 aromatic heterocycles. The number of aromatic nitrogens is 8. The number of aromatic amines is 1. The van der Waals surface area contributed by atoms with E-state index in [0.717, 1.165) is 85.5 Å². The highest BCUT2D eigenvalue weighted by Gasteiger charge is 2.30. The summed E-state index contributed by atoms with van der Waals surface area (Å²) in [6.07, 6.45) is 13.2. The quantitative estimate of drug-likeness (QED) is 0.0287. The topological polar surface area (TPSA) is 350 Å². The molecule has 0 radical (unpaired) electrons. The van der Waals surface area contributed by atoms with Gasteiger partial charge in [-0.3, -0.25) is 0 Å². The van der Waals surface area contributed by atoms with Crippen molar-refractivity contribution in [2.45, 2.75) is 42.1 Å². The van der Waals surface area contributed by atoms with Crippen molar-refractivity contribution in [3.63, 3.8) is 0 Å². The van der Waals surface area contributed by atoms with E-state index in [1.54, 1.807) is 222 Å². The molecule has 0 aliphatic carbocycles. The molecule has 0 fully saturated rings. The number of rotatable bonds is 21. The third-order valence-corrected chi connectivity index (χ3v) is 29.0. The molecule has 11 heterocycles. The van der Waals surface area contributed by atoms with E-state index in [0.29, 0.717) is 94.0 Å². The second-order valence-corrected chi connectivity index (χ2v) is 38.3. The largest absolute Gasteiger partial charge is 0.497 e. The lowest BCUT2D eigenvalue weighted by atomic mass is 9.79. The summed E-state index contributed by atoms with van der Waals surface area (Å²) >= 11 is 19.4. The maximum atomic E-state index is 13.7. The Morgan fingerprint density at radius 1 is 0.392 bits per heavy atom. The second kappa shape index (κ2) is 42.3. The number of aliphatic hydroxyl groups is 1. The highest BCUT2D eigenvalue weighted by Crippen LogP contribution is 2.46. The number of pyridine rings is 4. The minimum Gasteiger partial charge on any atom is -0.497 e. The molecule has 7 aromatic carbocycles. The third kappa shape index (κ3) is 20.8. The van der Waals surface area contributed by atoms with Crippen LogP contribution < -0.4 is 44.1 Å². The fraction of sp³-hybridized carbons (Fsp3) is 0.118.